The van der Waals surface area contributed by atoms with Crippen LogP contribution in [0.4, 0.5) is 4.39 Å². The largest absolute Gasteiger partial charge is 0.469 e. The van der Waals surface area contributed by atoms with E-state index in [0.29, 0.717) is 17.3 Å². The molecule has 0 fully saturated rings. The van der Waals surface area contributed by atoms with Gasteiger partial charge in [0.2, 0.25) is 5.88 Å². The van der Waals surface area contributed by atoms with E-state index in [4.69, 9.17) is 9.26 Å². The van der Waals surface area contributed by atoms with Crippen LogP contribution in [0.2, 0.25) is 0 Å². The molecule has 128 valence electrons. The van der Waals surface area contributed by atoms with Crippen molar-refractivity contribution in [3.8, 4) is 17.1 Å². The van der Waals surface area contributed by atoms with Gasteiger partial charge in [0.15, 0.2) is 12.4 Å². The molecule has 0 radical (unpaired) electrons. The summed E-state index contributed by atoms with van der Waals surface area (Å²) in [4.78, 5) is 8.42. The lowest BCUT2D eigenvalue weighted by Gasteiger charge is -2.11. The topological polar surface area (TPSA) is 61.0 Å². The van der Waals surface area contributed by atoms with Gasteiger partial charge in [0.05, 0.1) is 5.56 Å². The first-order valence-corrected chi connectivity index (χ1v) is 8.70. The molecule has 0 spiro atoms. The Hall–Kier alpha value is -2.67. The highest BCUT2D eigenvalue weighted by atomic mass is 32.2. The number of ether oxygens (including phenoxy) is 1. The molecule has 0 bridgehead atoms. The summed E-state index contributed by atoms with van der Waals surface area (Å²) in [5, 5.41) is 4.80. The van der Waals surface area contributed by atoms with Crippen molar-refractivity contribution in [1.29, 1.82) is 0 Å². The molecule has 3 rings (SSSR count). The maximum absolute atomic E-state index is 13.0. The zero-order chi connectivity index (χ0) is 17.8. The molecule has 25 heavy (non-hydrogen) atoms. The summed E-state index contributed by atoms with van der Waals surface area (Å²) in [5.74, 6) is 0.694. The fourth-order valence-corrected chi connectivity index (χ4v) is 2.88. The zero-order valence-electron chi connectivity index (χ0n) is 13.8. The van der Waals surface area contributed by atoms with E-state index in [0.717, 1.165) is 21.7 Å². The standard InChI is InChI=1S/C18H16FN3O2S/c1-11(2)16-17(20-10-21-18(16)25-3)23-9-14-8-15(22-24-14)12-4-6-13(19)7-5-12/h4-8,10H,1,9H2,2-3H3. The van der Waals surface area contributed by atoms with E-state index in [1.807, 2.05) is 13.2 Å². The fraction of sp³-hybridized carbons (Fsp3) is 0.167. The number of halogens is 1. The molecule has 0 atom stereocenters. The number of hydrogen-bond acceptors (Lipinski definition) is 6. The molecule has 1 aromatic carbocycles. The third kappa shape index (κ3) is 3.88. The Kier molecular flexibility index (Phi) is 5.14. The number of allylic oxidation sites excluding steroid dienone is 1. The van der Waals surface area contributed by atoms with E-state index >= 15 is 0 Å². The van der Waals surface area contributed by atoms with Crippen molar-refractivity contribution in [3.63, 3.8) is 0 Å². The van der Waals surface area contributed by atoms with Crippen molar-refractivity contribution in [2.45, 2.75) is 18.6 Å². The smallest absolute Gasteiger partial charge is 0.225 e. The monoisotopic (exact) mass is 357 g/mol. The van der Waals surface area contributed by atoms with Gasteiger partial charge >= 0.3 is 0 Å². The Balaban J connectivity index is 1.77. The van der Waals surface area contributed by atoms with Crippen molar-refractivity contribution in [1.82, 2.24) is 15.1 Å². The number of rotatable bonds is 6. The summed E-state index contributed by atoms with van der Waals surface area (Å²) in [6, 6.07) is 7.80. The predicted molar refractivity (Wildman–Crippen MR) is 94.8 cm³/mol. The molecule has 0 aliphatic carbocycles. The van der Waals surface area contributed by atoms with Crippen molar-refractivity contribution < 1.29 is 13.7 Å². The number of nitrogens with zero attached hydrogens (tertiary/aromatic N) is 3. The first kappa shape index (κ1) is 17.2. The van der Waals surface area contributed by atoms with Gasteiger partial charge in [-0.3, -0.25) is 0 Å². The SMILES string of the molecule is C=C(C)c1c(OCc2cc(-c3ccc(F)cc3)no2)ncnc1SC. The Morgan fingerprint density at radius 2 is 2.04 bits per heavy atom. The molecule has 0 aliphatic heterocycles. The van der Waals surface area contributed by atoms with Crippen molar-refractivity contribution in [2.24, 2.45) is 0 Å². The summed E-state index contributed by atoms with van der Waals surface area (Å²) in [5.41, 5.74) is 3.00. The number of benzene rings is 1. The van der Waals surface area contributed by atoms with Gasteiger partial charge in [-0.05, 0) is 43.0 Å². The Labute approximate surface area is 148 Å². The van der Waals surface area contributed by atoms with Crippen LogP contribution in [0.3, 0.4) is 0 Å². The molecular formula is C18H16FN3O2S. The van der Waals surface area contributed by atoms with Crippen LogP contribution in [0.1, 0.15) is 18.2 Å². The molecule has 5 nitrogen and oxygen atoms in total. The molecule has 0 unspecified atom stereocenters. The molecule has 2 heterocycles. The summed E-state index contributed by atoms with van der Waals surface area (Å²) < 4.78 is 24.1. The lowest BCUT2D eigenvalue weighted by molar-refractivity contribution is 0.240. The molecule has 0 saturated carbocycles. The third-order valence-corrected chi connectivity index (χ3v) is 4.14. The average Bonchev–Trinajstić information content (AvgIpc) is 3.09. The van der Waals surface area contributed by atoms with Crippen LogP contribution in [0.15, 0.2) is 52.8 Å². The van der Waals surface area contributed by atoms with Gasteiger partial charge in [0.1, 0.15) is 22.9 Å². The summed E-state index contributed by atoms with van der Waals surface area (Å²) in [6.45, 7) is 6.01. The average molecular weight is 357 g/mol. The van der Waals surface area contributed by atoms with Gasteiger partial charge in [-0.25, -0.2) is 14.4 Å². The molecule has 0 N–H and O–H groups in total. The van der Waals surface area contributed by atoms with Crippen LogP contribution in [0, 0.1) is 5.82 Å². The molecule has 2 aromatic heterocycles. The van der Waals surface area contributed by atoms with E-state index in [2.05, 4.69) is 21.7 Å². The van der Waals surface area contributed by atoms with Gasteiger partial charge in [-0.15, -0.1) is 11.8 Å². The van der Waals surface area contributed by atoms with Crippen LogP contribution >= 0.6 is 11.8 Å². The van der Waals surface area contributed by atoms with E-state index in [9.17, 15) is 4.39 Å². The van der Waals surface area contributed by atoms with Crippen LogP contribution in [-0.2, 0) is 6.61 Å². The van der Waals surface area contributed by atoms with Crippen molar-refractivity contribution >= 4 is 17.3 Å². The van der Waals surface area contributed by atoms with Gasteiger partial charge in [-0.1, -0.05) is 11.7 Å². The second-order valence-corrected chi connectivity index (χ2v) is 6.11. The van der Waals surface area contributed by atoms with E-state index in [1.54, 1.807) is 18.2 Å². The minimum atomic E-state index is -0.295. The van der Waals surface area contributed by atoms with E-state index in [-0.39, 0.29) is 12.4 Å². The first-order chi connectivity index (χ1) is 12.1. The Morgan fingerprint density at radius 1 is 1.28 bits per heavy atom. The highest BCUT2D eigenvalue weighted by molar-refractivity contribution is 7.98. The molecule has 0 aliphatic rings. The molecule has 0 amide bonds. The minimum Gasteiger partial charge on any atom is -0.469 e. The van der Waals surface area contributed by atoms with Crippen LogP contribution in [-0.4, -0.2) is 21.4 Å². The predicted octanol–water partition coefficient (Wildman–Crippen LogP) is 4.60. The Bertz CT molecular complexity index is 894. The number of hydrogen-bond donors (Lipinski definition) is 0. The lowest BCUT2D eigenvalue weighted by Crippen LogP contribution is -2.01. The van der Waals surface area contributed by atoms with Crippen LogP contribution in [0.5, 0.6) is 5.88 Å². The van der Waals surface area contributed by atoms with Crippen LogP contribution in [0.25, 0.3) is 16.8 Å². The fourth-order valence-electron chi connectivity index (χ4n) is 2.26. The number of thioether (sulfide) groups is 1. The molecule has 3 aromatic rings. The highest BCUT2D eigenvalue weighted by Crippen LogP contribution is 2.31. The van der Waals surface area contributed by atoms with Gasteiger partial charge in [-0.2, -0.15) is 0 Å². The zero-order valence-corrected chi connectivity index (χ0v) is 14.6. The summed E-state index contributed by atoms with van der Waals surface area (Å²) in [6.07, 6.45) is 3.39. The third-order valence-electron chi connectivity index (χ3n) is 3.45. The normalized spacial score (nSPS) is 10.7. The summed E-state index contributed by atoms with van der Waals surface area (Å²) >= 11 is 1.50. The van der Waals surface area contributed by atoms with Crippen molar-refractivity contribution in [2.75, 3.05) is 6.26 Å². The quantitative estimate of drug-likeness (QED) is 0.474. The highest BCUT2D eigenvalue weighted by Gasteiger charge is 2.14. The first-order valence-electron chi connectivity index (χ1n) is 7.47. The maximum Gasteiger partial charge on any atom is 0.225 e. The molecule has 7 heteroatoms. The minimum absolute atomic E-state index is 0.166. The second-order valence-electron chi connectivity index (χ2n) is 5.32. The van der Waals surface area contributed by atoms with Gasteiger partial charge in [0.25, 0.3) is 0 Å². The molecule has 0 saturated heterocycles. The molecular weight excluding hydrogens is 341 g/mol. The van der Waals surface area contributed by atoms with Crippen molar-refractivity contribution in [3.05, 3.63) is 60.4 Å². The lowest BCUT2D eigenvalue weighted by atomic mass is 10.1. The van der Waals surface area contributed by atoms with Gasteiger partial charge < -0.3 is 9.26 Å². The number of aromatic nitrogens is 3. The summed E-state index contributed by atoms with van der Waals surface area (Å²) in [7, 11) is 0. The van der Waals surface area contributed by atoms with E-state index in [1.165, 1.54) is 30.2 Å². The van der Waals surface area contributed by atoms with Gasteiger partial charge in [0, 0.05) is 11.6 Å². The van der Waals surface area contributed by atoms with E-state index < -0.39 is 0 Å². The maximum atomic E-state index is 13.0. The second kappa shape index (κ2) is 7.48. The van der Waals surface area contributed by atoms with Crippen LogP contribution < -0.4 is 4.74 Å². The Morgan fingerprint density at radius 3 is 2.72 bits per heavy atom.